The number of esters is 1. The van der Waals surface area contributed by atoms with Crippen LogP contribution >= 0.6 is 11.3 Å². The lowest BCUT2D eigenvalue weighted by molar-refractivity contribution is -0.124. The van der Waals surface area contributed by atoms with Gasteiger partial charge in [0.2, 0.25) is 5.91 Å². The normalized spacial score (nSPS) is 22.3. The average Bonchev–Trinajstić information content (AvgIpc) is 3.17. The van der Waals surface area contributed by atoms with Gasteiger partial charge in [-0.1, -0.05) is 32.6 Å². The molecule has 0 unspecified atom stereocenters. The first-order valence-electron chi connectivity index (χ1n) is 11.0. The number of anilines is 1. The van der Waals surface area contributed by atoms with Crippen molar-refractivity contribution >= 4 is 28.9 Å². The topological polar surface area (TPSA) is 55.8 Å². The summed E-state index contributed by atoms with van der Waals surface area (Å²) in [6, 6.07) is 1.94. The number of carbonyl (C=O) groups excluding carboxylic acids is 2. The van der Waals surface area contributed by atoms with Gasteiger partial charge in [-0.25, -0.2) is 4.79 Å². The van der Waals surface area contributed by atoms with Crippen molar-refractivity contribution in [3.05, 3.63) is 15.8 Å². The molecule has 2 heterocycles. The Bertz CT molecular complexity index is 805. The number of amides is 1. The summed E-state index contributed by atoms with van der Waals surface area (Å²) in [5, 5.41) is 0. The maximum absolute atomic E-state index is 13.7. The van der Waals surface area contributed by atoms with Gasteiger partial charge in [0.05, 0.1) is 17.7 Å². The molecule has 3 rings (SSSR count). The number of ether oxygens (including phenoxy) is 2. The number of rotatable bonds is 4. The first kappa shape index (κ1) is 22.8. The third kappa shape index (κ3) is 5.44. The van der Waals surface area contributed by atoms with E-state index in [9.17, 15) is 9.59 Å². The van der Waals surface area contributed by atoms with Crippen molar-refractivity contribution in [2.45, 2.75) is 65.3 Å². The van der Waals surface area contributed by atoms with Crippen LogP contribution in [0.4, 0.5) is 5.69 Å². The highest BCUT2D eigenvalue weighted by atomic mass is 32.1. The van der Waals surface area contributed by atoms with Gasteiger partial charge in [-0.05, 0) is 50.5 Å². The lowest BCUT2D eigenvalue weighted by Crippen LogP contribution is -2.47. The minimum Gasteiger partial charge on any atom is -0.465 e. The highest BCUT2D eigenvalue weighted by Crippen LogP contribution is 2.37. The molecule has 1 amide bonds. The number of carbonyl (C=O) groups is 2. The molecular weight excluding hydrogens is 398 g/mol. The maximum atomic E-state index is 13.7. The summed E-state index contributed by atoms with van der Waals surface area (Å²) in [6.07, 6.45) is 5.54. The van der Waals surface area contributed by atoms with E-state index in [1.807, 2.05) is 24.8 Å². The molecule has 0 atom stereocenters. The van der Waals surface area contributed by atoms with E-state index < -0.39 is 5.97 Å². The van der Waals surface area contributed by atoms with Crippen LogP contribution in [0.5, 0.6) is 0 Å². The van der Waals surface area contributed by atoms with Crippen molar-refractivity contribution in [3.8, 4) is 11.8 Å². The third-order valence-electron chi connectivity index (χ3n) is 5.99. The highest BCUT2D eigenvalue weighted by molar-refractivity contribution is 7.15. The molecule has 2 fully saturated rings. The van der Waals surface area contributed by atoms with Gasteiger partial charge < -0.3 is 14.4 Å². The molecule has 1 saturated heterocycles. The Morgan fingerprint density at radius 1 is 1.17 bits per heavy atom. The van der Waals surface area contributed by atoms with Crippen LogP contribution in [0.1, 0.15) is 73.8 Å². The zero-order valence-electron chi connectivity index (χ0n) is 18.5. The smallest absolute Gasteiger partial charge is 0.350 e. The van der Waals surface area contributed by atoms with E-state index >= 15 is 0 Å². The molecule has 1 aromatic heterocycles. The van der Waals surface area contributed by atoms with Crippen LogP contribution in [-0.2, 0) is 14.3 Å². The second-order valence-corrected chi connectivity index (χ2v) is 9.80. The van der Waals surface area contributed by atoms with E-state index in [0.29, 0.717) is 29.7 Å². The van der Waals surface area contributed by atoms with Crippen LogP contribution in [0.15, 0.2) is 6.07 Å². The van der Waals surface area contributed by atoms with E-state index in [2.05, 4.69) is 18.8 Å². The summed E-state index contributed by atoms with van der Waals surface area (Å²) in [7, 11) is 1.38. The molecule has 0 aromatic carbocycles. The van der Waals surface area contributed by atoms with Gasteiger partial charge in [0.25, 0.3) is 0 Å². The second kappa shape index (κ2) is 10.5. The van der Waals surface area contributed by atoms with Gasteiger partial charge in [0.15, 0.2) is 0 Å². The van der Waals surface area contributed by atoms with Crippen molar-refractivity contribution in [2.75, 3.05) is 25.2 Å². The fourth-order valence-corrected chi connectivity index (χ4v) is 5.15. The number of methoxy groups -OCH3 is 1. The summed E-state index contributed by atoms with van der Waals surface area (Å²) in [5.74, 6) is 6.98. The Labute approximate surface area is 184 Å². The molecular formula is C24H33NO4S. The first-order chi connectivity index (χ1) is 14.4. The van der Waals surface area contributed by atoms with Gasteiger partial charge in [0, 0.05) is 31.1 Å². The molecule has 0 bridgehead atoms. The molecule has 1 aliphatic heterocycles. The molecule has 5 nitrogen and oxygen atoms in total. The van der Waals surface area contributed by atoms with Crippen LogP contribution < -0.4 is 4.90 Å². The van der Waals surface area contributed by atoms with Gasteiger partial charge in [-0.2, -0.15) is 0 Å². The minimum atomic E-state index is -0.408. The van der Waals surface area contributed by atoms with Crippen LogP contribution in [0, 0.1) is 29.6 Å². The van der Waals surface area contributed by atoms with E-state index in [0.717, 1.165) is 43.4 Å². The lowest BCUT2D eigenvalue weighted by Gasteiger charge is -2.37. The predicted molar refractivity (Wildman–Crippen MR) is 120 cm³/mol. The summed E-state index contributed by atoms with van der Waals surface area (Å²) < 4.78 is 10.6. The molecule has 1 aliphatic carbocycles. The molecule has 0 spiro atoms. The average molecular weight is 432 g/mol. The van der Waals surface area contributed by atoms with Crippen molar-refractivity contribution in [2.24, 2.45) is 17.8 Å². The molecule has 164 valence electrons. The lowest BCUT2D eigenvalue weighted by atomic mass is 9.82. The minimum absolute atomic E-state index is 0.0136. The molecule has 1 saturated carbocycles. The van der Waals surface area contributed by atoms with E-state index in [-0.39, 0.29) is 23.8 Å². The largest absolute Gasteiger partial charge is 0.465 e. The van der Waals surface area contributed by atoms with Crippen LogP contribution in [-0.4, -0.2) is 38.2 Å². The van der Waals surface area contributed by atoms with Gasteiger partial charge in [-0.15, -0.1) is 11.3 Å². The Morgan fingerprint density at radius 2 is 1.83 bits per heavy atom. The van der Waals surface area contributed by atoms with Gasteiger partial charge in [0.1, 0.15) is 4.88 Å². The summed E-state index contributed by atoms with van der Waals surface area (Å²) in [5.41, 5.74) is 0.662. The summed E-state index contributed by atoms with van der Waals surface area (Å²) in [6.45, 7) is 7.59. The molecule has 2 aliphatic rings. The van der Waals surface area contributed by atoms with Crippen LogP contribution in [0.25, 0.3) is 0 Å². The Balaban J connectivity index is 2.00. The number of nitrogens with zero attached hydrogens (tertiary/aromatic N) is 1. The molecule has 6 heteroatoms. The molecule has 0 N–H and O–H groups in total. The predicted octanol–water partition coefficient (Wildman–Crippen LogP) is 4.88. The number of hydrogen-bond acceptors (Lipinski definition) is 5. The second-order valence-electron chi connectivity index (χ2n) is 8.75. The molecule has 1 aromatic rings. The summed E-state index contributed by atoms with van der Waals surface area (Å²) in [4.78, 5) is 29.5. The Kier molecular flexibility index (Phi) is 7.96. The van der Waals surface area contributed by atoms with E-state index in [1.54, 1.807) is 0 Å². The van der Waals surface area contributed by atoms with Crippen molar-refractivity contribution < 1.29 is 19.1 Å². The maximum Gasteiger partial charge on any atom is 0.350 e. The molecule has 0 radical (unpaired) electrons. The zero-order chi connectivity index (χ0) is 21.7. The van der Waals surface area contributed by atoms with Crippen molar-refractivity contribution in [1.29, 1.82) is 0 Å². The van der Waals surface area contributed by atoms with Crippen molar-refractivity contribution in [3.63, 3.8) is 0 Å². The SMILES string of the molecule is COC(=O)c1sc(C#CC(C)C)cc1N(C(=O)C1CCC(C)CC1)C1CCOCC1. The Hall–Kier alpha value is -1.84. The third-order valence-corrected chi connectivity index (χ3v) is 7.01. The Morgan fingerprint density at radius 3 is 2.43 bits per heavy atom. The quantitative estimate of drug-likeness (QED) is 0.504. The van der Waals surface area contributed by atoms with Crippen molar-refractivity contribution in [1.82, 2.24) is 0 Å². The first-order valence-corrected chi connectivity index (χ1v) is 11.9. The fourth-order valence-electron chi connectivity index (χ4n) is 4.22. The van der Waals surface area contributed by atoms with Gasteiger partial charge in [-0.3, -0.25) is 4.79 Å². The van der Waals surface area contributed by atoms with E-state index in [4.69, 9.17) is 9.47 Å². The van der Waals surface area contributed by atoms with Crippen LogP contribution in [0.2, 0.25) is 0 Å². The van der Waals surface area contributed by atoms with E-state index in [1.165, 1.54) is 18.4 Å². The number of hydrogen-bond donors (Lipinski definition) is 0. The van der Waals surface area contributed by atoms with Gasteiger partial charge >= 0.3 is 5.97 Å². The molecule has 30 heavy (non-hydrogen) atoms. The summed E-state index contributed by atoms with van der Waals surface area (Å²) >= 11 is 1.32. The zero-order valence-corrected chi connectivity index (χ0v) is 19.3. The standard InChI is InChI=1S/C24H33NO4S/c1-16(2)5-10-20-15-21(22(30-20)24(27)28-4)25(19-11-13-29-14-12-19)23(26)18-8-6-17(3)7-9-18/h15-19H,6-9,11-14H2,1-4H3. The highest BCUT2D eigenvalue weighted by Gasteiger charge is 2.36. The number of thiophene rings is 1. The fraction of sp³-hybridized carbons (Fsp3) is 0.667. The van der Waals surface area contributed by atoms with Crippen LogP contribution in [0.3, 0.4) is 0 Å². The monoisotopic (exact) mass is 431 g/mol.